The van der Waals surface area contributed by atoms with Gasteiger partial charge in [-0.2, -0.15) is 0 Å². The molecule has 0 rings (SSSR count). The fourth-order valence-corrected chi connectivity index (χ4v) is 3.92. The Kier molecular flexibility index (Phi) is 8.42. The number of carbonyl (C=O) groups excluding carboxylic acids is 1. The van der Waals surface area contributed by atoms with Crippen molar-refractivity contribution in [2.75, 3.05) is 6.61 Å². The summed E-state index contributed by atoms with van der Waals surface area (Å²) < 4.78 is 6.17. The van der Waals surface area contributed by atoms with E-state index in [1.165, 1.54) is 0 Å². The molecule has 0 heterocycles. The van der Waals surface area contributed by atoms with Crippen LogP contribution in [-0.4, -0.2) is 34.3 Å². The van der Waals surface area contributed by atoms with E-state index in [1.54, 1.807) is 0 Å². The van der Waals surface area contributed by atoms with Crippen molar-refractivity contribution in [2.24, 2.45) is 5.92 Å². The zero-order chi connectivity index (χ0) is 18.5. The van der Waals surface area contributed by atoms with Crippen LogP contribution < -0.4 is 0 Å². The molecule has 0 aromatic carbocycles. The van der Waals surface area contributed by atoms with Crippen LogP contribution in [0.25, 0.3) is 0 Å². The van der Waals surface area contributed by atoms with E-state index in [0.717, 1.165) is 32.0 Å². The maximum Gasteiger partial charge on any atom is 0.191 e. The van der Waals surface area contributed by atoms with E-state index in [2.05, 4.69) is 47.7 Å². The van der Waals surface area contributed by atoms with Crippen LogP contribution in [0.15, 0.2) is 0 Å². The predicted molar refractivity (Wildman–Crippen MR) is 105 cm³/mol. The van der Waals surface area contributed by atoms with Crippen LogP contribution in [-0.2, 0) is 9.22 Å². The SMILES string of the molecule is CC(C)(CCCC(C=O)CCO[Si](C)(C)C(C)(C)C)[Si](C)(C)O. The highest BCUT2D eigenvalue weighted by molar-refractivity contribution is 6.74. The number of hydrogen-bond acceptors (Lipinski definition) is 3. The molecular formula is C18H40O3Si2. The molecule has 0 radical (unpaired) electrons. The third-order valence-corrected chi connectivity index (χ3v) is 14.1. The first-order valence-electron chi connectivity index (χ1n) is 8.96. The minimum absolute atomic E-state index is 0.00191. The molecule has 0 fully saturated rings. The Morgan fingerprint density at radius 3 is 1.96 bits per heavy atom. The van der Waals surface area contributed by atoms with Crippen molar-refractivity contribution in [3.63, 3.8) is 0 Å². The molecule has 23 heavy (non-hydrogen) atoms. The summed E-state index contributed by atoms with van der Waals surface area (Å²) in [5.74, 6) is 0.0824. The van der Waals surface area contributed by atoms with E-state index in [4.69, 9.17) is 4.43 Å². The van der Waals surface area contributed by atoms with Gasteiger partial charge < -0.3 is 14.0 Å². The fraction of sp³-hybridized carbons (Fsp3) is 0.944. The minimum Gasteiger partial charge on any atom is -0.432 e. The second kappa shape index (κ2) is 8.41. The summed E-state index contributed by atoms with van der Waals surface area (Å²) in [7, 11) is -3.86. The van der Waals surface area contributed by atoms with Crippen LogP contribution in [0.5, 0.6) is 0 Å². The molecule has 1 unspecified atom stereocenters. The fourth-order valence-electron chi connectivity index (χ4n) is 2.07. The average molecular weight is 361 g/mol. The van der Waals surface area contributed by atoms with E-state index in [1.807, 2.05) is 13.1 Å². The quantitative estimate of drug-likeness (QED) is 0.421. The second-order valence-corrected chi connectivity index (χ2v) is 18.9. The highest BCUT2D eigenvalue weighted by Gasteiger charge is 2.38. The Bertz CT molecular complexity index is 333. The van der Waals surface area contributed by atoms with Gasteiger partial charge in [0.25, 0.3) is 0 Å². The Hall–Kier alpha value is 0.0238. The monoisotopic (exact) mass is 360 g/mol. The molecule has 0 bridgehead atoms. The van der Waals surface area contributed by atoms with Gasteiger partial charge >= 0.3 is 0 Å². The van der Waals surface area contributed by atoms with E-state index < -0.39 is 16.6 Å². The topological polar surface area (TPSA) is 46.5 Å². The van der Waals surface area contributed by atoms with Crippen LogP contribution in [0.3, 0.4) is 0 Å². The molecule has 0 aliphatic rings. The number of rotatable bonds is 10. The van der Waals surface area contributed by atoms with Gasteiger partial charge in [0.05, 0.1) is 0 Å². The van der Waals surface area contributed by atoms with Gasteiger partial charge in [-0.25, -0.2) is 0 Å². The molecule has 0 aromatic rings. The molecular weight excluding hydrogens is 320 g/mol. The van der Waals surface area contributed by atoms with Crippen molar-refractivity contribution < 1.29 is 14.0 Å². The van der Waals surface area contributed by atoms with Gasteiger partial charge in [0.1, 0.15) is 6.29 Å². The normalized spacial score (nSPS) is 15.6. The molecule has 0 aliphatic carbocycles. The lowest BCUT2D eigenvalue weighted by atomic mass is 9.97. The molecule has 0 spiro atoms. The predicted octanol–water partition coefficient (Wildman–Crippen LogP) is 5.36. The first kappa shape index (κ1) is 23.0. The highest BCUT2D eigenvalue weighted by atomic mass is 28.4. The molecule has 1 N–H and O–H groups in total. The van der Waals surface area contributed by atoms with Crippen LogP contribution in [0.4, 0.5) is 0 Å². The van der Waals surface area contributed by atoms with Crippen LogP contribution in [0.2, 0.25) is 36.3 Å². The number of carbonyl (C=O) groups is 1. The third-order valence-electron chi connectivity index (χ3n) is 5.98. The maximum atomic E-state index is 11.3. The lowest BCUT2D eigenvalue weighted by Crippen LogP contribution is -2.41. The maximum absolute atomic E-state index is 11.3. The summed E-state index contributed by atoms with van der Waals surface area (Å²) in [5.41, 5.74) is 0. The summed E-state index contributed by atoms with van der Waals surface area (Å²) in [6.45, 7) is 20.2. The molecule has 0 aliphatic heterocycles. The highest BCUT2D eigenvalue weighted by Crippen LogP contribution is 2.40. The summed E-state index contributed by atoms with van der Waals surface area (Å²) in [6, 6.07) is 0. The van der Waals surface area contributed by atoms with Crippen molar-refractivity contribution in [1.29, 1.82) is 0 Å². The van der Waals surface area contributed by atoms with Crippen molar-refractivity contribution in [3.05, 3.63) is 0 Å². The first-order chi connectivity index (χ1) is 10.1. The van der Waals surface area contributed by atoms with Gasteiger partial charge in [0, 0.05) is 12.5 Å². The van der Waals surface area contributed by atoms with E-state index in [0.29, 0.717) is 6.61 Å². The molecule has 0 saturated carbocycles. The van der Waals surface area contributed by atoms with Gasteiger partial charge in [-0.3, -0.25) is 0 Å². The smallest absolute Gasteiger partial charge is 0.191 e. The lowest BCUT2D eigenvalue weighted by molar-refractivity contribution is -0.111. The van der Waals surface area contributed by atoms with Gasteiger partial charge in [0.15, 0.2) is 16.6 Å². The van der Waals surface area contributed by atoms with Gasteiger partial charge in [-0.05, 0) is 55.5 Å². The Morgan fingerprint density at radius 1 is 1.04 bits per heavy atom. The molecule has 138 valence electrons. The minimum atomic E-state index is -2.15. The summed E-state index contributed by atoms with van der Waals surface area (Å²) in [4.78, 5) is 21.7. The van der Waals surface area contributed by atoms with Crippen LogP contribution in [0, 0.1) is 5.92 Å². The molecule has 0 saturated heterocycles. The summed E-state index contributed by atoms with van der Waals surface area (Å²) in [5, 5.41) is 0.211. The molecule has 0 amide bonds. The van der Waals surface area contributed by atoms with Gasteiger partial charge in [-0.1, -0.05) is 41.0 Å². The number of hydrogen-bond donors (Lipinski definition) is 1. The summed E-state index contributed by atoms with van der Waals surface area (Å²) in [6.07, 6.45) is 4.78. The molecule has 5 heteroatoms. The standard InChI is InChI=1S/C18H40O3Si2/c1-17(2,3)23(8,9)21-14-12-16(15-19)11-10-13-18(4,5)22(6,7)20/h15-16,20H,10-14H2,1-9H3. The largest absolute Gasteiger partial charge is 0.432 e. The second-order valence-electron chi connectivity index (χ2n) is 9.63. The average Bonchev–Trinajstić information content (AvgIpc) is 2.33. The Balaban J connectivity index is 4.27. The summed E-state index contributed by atoms with van der Waals surface area (Å²) >= 11 is 0. The van der Waals surface area contributed by atoms with Crippen LogP contribution >= 0.6 is 0 Å². The van der Waals surface area contributed by atoms with Crippen molar-refractivity contribution in [1.82, 2.24) is 0 Å². The molecule has 0 aromatic heterocycles. The van der Waals surface area contributed by atoms with Crippen molar-refractivity contribution >= 4 is 22.9 Å². The third kappa shape index (κ3) is 7.63. The molecule has 1 atom stereocenters. The first-order valence-corrected chi connectivity index (χ1v) is 14.8. The zero-order valence-electron chi connectivity index (χ0n) is 17.0. The number of aldehydes is 1. The Labute approximate surface area is 146 Å². The van der Waals surface area contributed by atoms with E-state index in [-0.39, 0.29) is 16.0 Å². The van der Waals surface area contributed by atoms with Crippen molar-refractivity contribution in [3.8, 4) is 0 Å². The van der Waals surface area contributed by atoms with E-state index >= 15 is 0 Å². The zero-order valence-corrected chi connectivity index (χ0v) is 19.0. The van der Waals surface area contributed by atoms with E-state index in [9.17, 15) is 9.59 Å². The molecule has 3 nitrogen and oxygen atoms in total. The van der Waals surface area contributed by atoms with Crippen molar-refractivity contribution in [2.45, 2.75) is 96.6 Å². The Morgan fingerprint density at radius 2 is 1.57 bits per heavy atom. The van der Waals surface area contributed by atoms with Gasteiger partial charge in [0.2, 0.25) is 0 Å². The van der Waals surface area contributed by atoms with Crippen LogP contribution in [0.1, 0.15) is 60.3 Å². The lowest BCUT2D eigenvalue weighted by Gasteiger charge is -2.36. The van der Waals surface area contributed by atoms with Gasteiger partial charge in [-0.15, -0.1) is 0 Å².